The van der Waals surface area contributed by atoms with Gasteiger partial charge in [-0.2, -0.15) is 13.2 Å². The van der Waals surface area contributed by atoms with Crippen molar-refractivity contribution in [3.63, 3.8) is 0 Å². The Morgan fingerprint density at radius 3 is 2.67 bits per heavy atom. The topological polar surface area (TPSA) is 20.2 Å². The molecule has 1 heterocycles. The predicted molar refractivity (Wildman–Crippen MR) is 65.5 cm³/mol. The van der Waals surface area contributed by atoms with Gasteiger partial charge < -0.3 is 5.11 Å². The van der Waals surface area contributed by atoms with Crippen molar-refractivity contribution in [2.45, 2.75) is 44.9 Å². The van der Waals surface area contributed by atoms with Crippen LogP contribution in [0.1, 0.15) is 42.2 Å². The molecule has 1 aromatic rings. The first kappa shape index (κ1) is 13.9. The summed E-state index contributed by atoms with van der Waals surface area (Å²) in [5.41, 5.74) is 0.974. The Balaban J connectivity index is 2.07. The summed E-state index contributed by atoms with van der Waals surface area (Å²) in [7, 11) is 0. The molecule has 18 heavy (non-hydrogen) atoms. The van der Waals surface area contributed by atoms with Crippen LogP contribution in [0.5, 0.6) is 0 Å². The summed E-state index contributed by atoms with van der Waals surface area (Å²) >= 11 is 1.43. The Bertz CT molecular complexity index is 399. The molecule has 0 radical (unpaired) electrons. The molecule has 1 fully saturated rings. The van der Waals surface area contributed by atoms with Gasteiger partial charge in [0.2, 0.25) is 0 Å². The molecule has 3 atom stereocenters. The van der Waals surface area contributed by atoms with Crippen LogP contribution in [0.3, 0.4) is 0 Å². The molecule has 3 unspecified atom stereocenters. The number of hydrogen-bond acceptors (Lipinski definition) is 2. The van der Waals surface area contributed by atoms with Crippen LogP contribution < -0.4 is 0 Å². The van der Waals surface area contributed by atoms with E-state index in [2.05, 4.69) is 0 Å². The number of rotatable bonds is 2. The van der Waals surface area contributed by atoms with Crippen LogP contribution in [-0.2, 0) is 0 Å². The van der Waals surface area contributed by atoms with E-state index in [9.17, 15) is 18.3 Å². The molecule has 0 amide bonds. The maximum atomic E-state index is 12.7. The van der Waals surface area contributed by atoms with Crippen molar-refractivity contribution in [3.05, 3.63) is 21.9 Å². The first-order chi connectivity index (χ1) is 8.39. The normalized spacial score (nSPS) is 27.2. The molecule has 0 saturated heterocycles. The van der Waals surface area contributed by atoms with Gasteiger partial charge in [-0.15, -0.1) is 11.3 Å². The third-order valence-electron chi connectivity index (χ3n) is 3.79. The van der Waals surface area contributed by atoms with Gasteiger partial charge in [0, 0.05) is 4.88 Å². The number of aliphatic hydroxyl groups is 1. The summed E-state index contributed by atoms with van der Waals surface area (Å²) in [6.45, 7) is 1.89. The number of halogens is 3. The lowest BCUT2D eigenvalue weighted by Gasteiger charge is -2.33. The highest BCUT2D eigenvalue weighted by Crippen LogP contribution is 2.44. The quantitative estimate of drug-likeness (QED) is 0.847. The van der Waals surface area contributed by atoms with Gasteiger partial charge in [-0.05, 0) is 49.1 Å². The van der Waals surface area contributed by atoms with E-state index in [0.29, 0.717) is 12.8 Å². The summed E-state index contributed by atoms with van der Waals surface area (Å²) in [4.78, 5) is 0.822. The lowest BCUT2D eigenvalue weighted by Crippen LogP contribution is -2.31. The molecule has 0 aliphatic heterocycles. The van der Waals surface area contributed by atoms with E-state index in [1.807, 2.05) is 18.4 Å². The number of alkyl halides is 3. The fourth-order valence-electron chi connectivity index (χ4n) is 2.71. The van der Waals surface area contributed by atoms with Crippen molar-refractivity contribution >= 4 is 11.3 Å². The summed E-state index contributed by atoms with van der Waals surface area (Å²) in [6.07, 6.45) is -3.36. The van der Waals surface area contributed by atoms with Crippen LogP contribution in [0.2, 0.25) is 0 Å². The van der Waals surface area contributed by atoms with E-state index >= 15 is 0 Å². The highest BCUT2D eigenvalue weighted by Gasteiger charge is 2.43. The fourth-order valence-corrected chi connectivity index (χ4v) is 3.72. The number of aryl methyl sites for hydroxylation is 1. The SMILES string of the molecule is Cc1ccsc1C(O)C1CCCC(C(F)(F)F)C1. The molecule has 1 aromatic heterocycles. The lowest BCUT2D eigenvalue weighted by molar-refractivity contribution is -0.188. The third kappa shape index (κ3) is 2.88. The summed E-state index contributed by atoms with van der Waals surface area (Å²) in [5.74, 6) is -1.51. The first-order valence-electron chi connectivity index (χ1n) is 6.18. The zero-order chi connectivity index (χ0) is 13.3. The van der Waals surface area contributed by atoms with E-state index in [1.165, 1.54) is 11.3 Å². The zero-order valence-corrected chi connectivity index (χ0v) is 11.0. The largest absolute Gasteiger partial charge is 0.391 e. The number of hydrogen-bond donors (Lipinski definition) is 1. The second-order valence-electron chi connectivity index (χ2n) is 5.08. The van der Waals surface area contributed by atoms with Crippen LogP contribution in [0.25, 0.3) is 0 Å². The Morgan fingerprint density at radius 1 is 1.39 bits per heavy atom. The molecular formula is C13H17F3OS. The molecule has 5 heteroatoms. The van der Waals surface area contributed by atoms with Crippen molar-refractivity contribution in [1.82, 2.24) is 0 Å². The van der Waals surface area contributed by atoms with Crippen molar-refractivity contribution < 1.29 is 18.3 Å². The highest BCUT2D eigenvalue weighted by molar-refractivity contribution is 7.10. The Labute approximate surface area is 109 Å². The Hall–Kier alpha value is -0.550. The van der Waals surface area contributed by atoms with Gasteiger partial charge >= 0.3 is 6.18 Å². The van der Waals surface area contributed by atoms with Gasteiger partial charge in [-0.3, -0.25) is 0 Å². The van der Waals surface area contributed by atoms with Crippen LogP contribution in [-0.4, -0.2) is 11.3 Å². The van der Waals surface area contributed by atoms with Crippen molar-refractivity contribution in [1.29, 1.82) is 0 Å². The van der Waals surface area contributed by atoms with Crippen LogP contribution in [0.15, 0.2) is 11.4 Å². The predicted octanol–water partition coefficient (Wildman–Crippen LogP) is 4.46. The molecule has 0 bridgehead atoms. The monoisotopic (exact) mass is 278 g/mol. The molecule has 1 saturated carbocycles. The molecule has 1 aliphatic rings. The minimum atomic E-state index is -4.12. The molecule has 102 valence electrons. The Morgan fingerprint density at radius 2 is 2.11 bits per heavy atom. The van der Waals surface area contributed by atoms with E-state index in [1.54, 1.807) is 0 Å². The highest BCUT2D eigenvalue weighted by atomic mass is 32.1. The average molecular weight is 278 g/mol. The summed E-state index contributed by atoms with van der Waals surface area (Å²) in [6, 6.07) is 1.90. The van der Waals surface area contributed by atoms with Gasteiger partial charge in [0.15, 0.2) is 0 Å². The number of thiophene rings is 1. The summed E-state index contributed by atoms with van der Waals surface area (Å²) < 4.78 is 38.2. The van der Waals surface area contributed by atoms with Crippen LogP contribution in [0, 0.1) is 18.8 Å². The van der Waals surface area contributed by atoms with Crippen molar-refractivity contribution in [3.8, 4) is 0 Å². The fraction of sp³-hybridized carbons (Fsp3) is 0.692. The van der Waals surface area contributed by atoms with Gasteiger partial charge in [0.05, 0.1) is 12.0 Å². The van der Waals surface area contributed by atoms with Crippen molar-refractivity contribution in [2.24, 2.45) is 11.8 Å². The minimum absolute atomic E-state index is 0.0575. The molecule has 1 aliphatic carbocycles. The standard InChI is InChI=1S/C13H17F3OS/c1-8-5-6-18-12(8)11(17)9-3-2-4-10(7-9)13(14,15)16/h5-6,9-11,17H,2-4,7H2,1H3. The van der Waals surface area contributed by atoms with Crippen molar-refractivity contribution in [2.75, 3.05) is 0 Å². The second kappa shape index (κ2) is 5.21. The molecule has 2 rings (SSSR count). The molecular weight excluding hydrogens is 261 g/mol. The van der Waals surface area contributed by atoms with Gasteiger partial charge in [0.1, 0.15) is 0 Å². The summed E-state index contributed by atoms with van der Waals surface area (Å²) in [5, 5.41) is 12.1. The van der Waals surface area contributed by atoms with E-state index in [0.717, 1.165) is 10.4 Å². The first-order valence-corrected chi connectivity index (χ1v) is 7.06. The maximum Gasteiger partial charge on any atom is 0.391 e. The zero-order valence-electron chi connectivity index (χ0n) is 10.2. The second-order valence-corrected chi connectivity index (χ2v) is 6.03. The maximum absolute atomic E-state index is 12.7. The van der Waals surface area contributed by atoms with E-state index in [4.69, 9.17) is 0 Å². The molecule has 1 nitrogen and oxygen atoms in total. The lowest BCUT2D eigenvalue weighted by atomic mass is 9.78. The third-order valence-corrected chi connectivity index (χ3v) is 4.88. The van der Waals surface area contributed by atoms with Crippen LogP contribution >= 0.6 is 11.3 Å². The smallest absolute Gasteiger partial charge is 0.387 e. The molecule has 0 aromatic carbocycles. The minimum Gasteiger partial charge on any atom is -0.387 e. The molecule has 0 spiro atoms. The van der Waals surface area contributed by atoms with Gasteiger partial charge in [-0.25, -0.2) is 0 Å². The number of aliphatic hydroxyl groups excluding tert-OH is 1. The molecule has 1 N–H and O–H groups in total. The van der Waals surface area contributed by atoms with E-state index < -0.39 is 18.2 Å². The average Bonchev–Trinajstić information content (AvgIpc) is 2.73. The Kier molecular flexibility index (Phi) is 4.02. The van der Waals surface area contributed by atoms with E-state index in [-0.39, 0.29) is 18.8 Å². The van der Waals surface area contributed by atoms with Gasteiger partial charge in [-0.1, -0.05) is 6.42 Å². The van der Waals surface area contributed by atoms with Crippen LogP contribution in [0.4, 0.5) is 13.2 Å². The van der Waals surface area contributed by atoms with Gasteiger partial charge in [0.25, 0.3) is 0 Å².